The summed E-state index contributed by atoms with van der Waals surface area (Å²) in [6.07, 6.45) is 0.550. The van der Waals surface area contributed by atoms with E-state index in [2.05, 4.69) is 20.9 Å². The summed E-state index contributed by atoms with van der Waals surface area (Å²) in [5.74, 6) is -0.252. The standard InChI is InChI=1S/C14H14BrFN2/c1-9-3-2-4-14(18-9)13(17)8-10-7-11(16)5-6-12(10)15/h2-7,13H,8,17H2,1H3. The highest BCUT2D eigenvalue weighted by Crippen LogP contribution is 2.22. The molecule has 2 aromatic rings. The molecule has 0 saturated carbocycles. The number of halogens is 2. The molecule has 1 aromatic carbocycles. The van der Waals surface area contributed by atoms with Gasteiger partial charge in [0.05, 0.1) is 11.7 Å². The van der Waals surface area contributed by atoms with Gasteiger partial charge in [-0.1, -0.05) is 22.0 Å². The van der Waals surface area contributed by atoms with Crippen LogP contribution in [-0.2, 0) is 6.42 Å². The van der Waals surface area contributed by atoms with E-state index in [1.165, 1.54) is 12.1 Å². The zero-order valence-electron chi connectivity index (χ0n) is 10.0. The van der Waals surface area contributed by atoms with Crippen LogP contribution in [0.3, 0.4) is 0 Å². The topological polar surface area (TPSA) is 38.9 Å². The SMILES string of the molecule is Cc1cccc(C(N)Cc2cc(F)ccc2Br)n1. The van der Waals surface area contributed by atoms with E-state index < -0.39 is 0 Å². The van der Waals surface area contributed by atoms with Crippen LogP contribution in [0.15, 0.2) is 40.9 Å². The molecule has 0 radical (unpaired) electrons. The van der Waals surface area contributed by atoms with Crippen molar-refractivity contribution in [2.45, 2.75) is 19.4 Å². The number of rotatable bonds is 3. The summed E-state index contributed by atoms with van der Waals surface area (Å²) in [4.78, 5) is 4.39. The molecular formula is C14H14BrFN2. The minimum absolute atomic E-state index is 0.233. The second-order valence-electron chi connectivity index (χ2n) is 4.25. The molecule has 0 spiro atoms. The first-order chi connectivity index (χ1) is 8.56. The Morgan fingerprint density at radius 1 is 1.33 bits per heavy atom. The fourth-order valence-corrected chi connectivity index (χ4v) is 2.22. The van der Waals surface area contributed by atoms with E-state index in [1.54, 1.807) is 6.07 Å². The predicted octanol–water partition coefficient (Wildman–Crippen LogP) is 3.53. The van der Waals surface area contributed by atoms with Crippen LogP contribution in [0.25, 0.3) is 0 Å². The Bertz CT molecular complexity index is 557. The van der Waals surface area contributed by atoms with Gasteiger partial charge >= 0.3 is 0 Å². The number of nitrogens with two attached hydrogens (primary N) is 1. The van der Waals surface area contributed by atoms with Gasteiger partial charge in [0.1, 0.15) is 5.82 Å². The molecule has 1 unspecified atom stereocenters. The molecule has 1 aromatic heterocycles. The van der Waals surface area contributed by atoms with E-state index in [-0.39, 0.29) is 11.9 Å². The fraction of sp³-hybridized carbons (Fsp3) is 0.214. The van der Waals surface area contributed by atoms with E-state index in [9.17, 15) is 4.39 Å². The van der Waals surface area contributed by atoms with E-state index >= 15 is 0 Å². The van der Waals surface area contributed by atoms with Crippen LogP contribution < -0.4 is 5.73 Å². The van der Waals surface area contributed by atoms with Crippen molar-refractivity contribution in [3.8, 4) is 0 Å². The van der Waals surface area contributed by atoms with E-state index in [4.69, 9.17) is 5.73 Å². The minimum atomic E-state index is -0.252. The van der Waals surface area contributed by atoms with Gasteiger partial charge in [0.15, 0.2) is 0 Å². The number of hydrogen-bond acceptors (Lipinski definition) is 2. The van der Waals surface area contributed by atoms with Crippen LogP contribution in [0, 0.1) is 12.7 Å². The molecule has 4 heteroatoms. The zero-order valence-corrected chi connectivity index (χ0v) is 11.6. The summed E-state index contributed by atoms with van der Waals surface area (Å²) in [6, 6.07) is 10.1. The Morgan fingerprint density at radius 3 is 2.83 bits per heavy atom. The van der Waals surface area contributed by atoms with Crippen molar-refractivity contribution in [2.24, 2.45) is 5.73 Å². The maximum atomic E-state index is 13.2. The van der Waals surface area contributed by atoms with Crippen LogP contribution in [-0.4, -0.2) is 4.98 Å². The third-order valence-electron chi connectivity index (χ3n) is 2.74. The largest absolute Gasteiger partial charge is 0.322 e. The first kappa shape index (κ1) is 13.2. The minimum Gasteiger partial charge on any atom is -0.322 e. The summed E-state index contributed by atoms with van der Waals surface area (Å²) in [5, 5.41) is 0. The van der Waals surface area contributed by atoms with Gasteiger partial charge in [0.25, 0.3) is 0 Å². The number of pyridine rings is 1. The van der Waals surface area contributed by atoms with Gasteiger partial charge in [0, 0.05) is 10.2 Å². The van der Waals surface area contributed by atoms with Crippen molar-refractivity contribution in [2.75, 3.05) is 0 Å². The van der Waals surface area contributed by atoms with Gasteiger partial charge in [0.2, 0.25) is 0 Å². The Labute approximate surface area is 114 Å². The monoisotopic (exact) mass is 308 g/mol. The quantitative estimate of drug-likeness (QED) is 0.942. The fourth-order valence-electron chi connectivity index (χ4n) is 1.81. The molecule has 2 N–H and O–H groups in total. The summed E-state index contributed by atoms with van der Waals surface area (Å²) in [7, 11) is 0. The normalized spacial score (nSPS) is 12.4. The molecule has 0 fully saturated rings. The van der Waals surface area contributed by atoms with Crippen LogP contribution in [0.2, 0.25) is 0 Å². The molecule has 0 aliphatic rings. The number of hydrogen-bond donors (Lipinski definition) is 1. The summed E-state index contributed by atoms with van der Waals surface area (Å²) >= 11 is 3.40. The molecule has 94 valence electrons. The van der Waals surface area contributed by atoms with E-state index in [0.717, 1.165) is 21.4 Å². The third-order valence-corrected chi connectivity index (χ3v) is 3.51. The van der Waals surface area contributed by atoms with Crippen molar-refractivity contribution in [3.05, 3.63) is 63.6 Å². The molecular weight excluding hydrogens is 295 g/mol. The van der Waals surface area contributed by atoms with Crippen molar-refractivity contribution in [1.82, 2.24) is 4.98 Å². The highest BCUT2D eigenvalue weighted by Gasteiger charge is 2.11. The third kappa shape index (κ3) is 3.15. The Balaban J connectivity index is 2.21. The molecule has 0 aliphatic heterocycles. The van der Waals surface area contributed by atoms with Crippen LogP contribution in [0.5, 0.6) is 0 Å². The van der Waals surface area contributed by atoms with Gasteiger partial charge in [-0.2, -0.15) is 0 Å². The molecule has 2 rings (SSSR count). The van der Waals surface area contributed by atoms with Crippen LogP contribution in [0.1, 0.15) is 23.0 Å². The van der Waals surface area contributed by atoms with Crippen LogP contribution >= 0.6 is 15.9 Å². The van der Waals surface area contributed by atoms with E-state index in [1.807, 2.05) is 25.1 Å². The number of nitrogens with zero attached hydrogens (tertiary/aromatic N) is 1. The van der Waals surface area contributed by atoms with Crippen LogP contribution in [0.4, 0.5) is 4.39 Å². The molecule has 0 amide bonds. The van der Waals surface area contributed by atoms with Crippen molar-refractivity contribution in [1.29, 1.82) is 0 Å². The van der Waals surface area contributed by atoms with Crippen molar-refractivity contribution >= 4 is 15.9 Å². The smallest absolute Gasteiger partial charge is 0.123 e. The highest BCUT2D eigenvalue weighted by molar-refractivity contribution is 9.10. The molecule has 0 aliphatic carbocycles. The zero-order chi connectivity index (χ0) is 13.1. The number of aryl methyl sites for hydroxylation is 1. The lowest BCUT2D eigenvalue weighted by Crippen LogP contribution is -2.15. The average Bonchev–Trinajstić information content (AvgIpc) is 2.34. The predicted molar refractivity (Wildman–Crippen MR) is 73.7 cm³/mol. The molecule has 1 atom stereocenters. The maximum Gasteiger partial charge on any atom is 0.123 e. The summed E-state index contributed by atoms with van der Waals surface area (Å²) in [6.45, 7) is 1.92. The lowest BCUT2D eigenvalue weighted by molar-refractivity contribution is 0.620. The van der Waals surface area contributed by atoms with Gasteiger partial charge in [-0.25, -0.2) is 4.39 Å². The second kappa shape index (κ2) is 5.59. The maximum absolute atomic E-state index is 13.2. The Morgan fingerprint density at radius 2 is 2.11 bits per heavy atom. The van der Waals surface area contributed by atoms with E-state index in [0.29, 0.717) is 6.42 Å². The number of aromatic nitrogens is 1. The molecule has 0 bridgehead atoms. The summed E-state index contributed by atoms with van der Waals surface area (Å²) in [5.41, 5.74) is 8.72. The molecule has 0 saturated heterocycles. The lowest BCUT2D eigenvalue weighted by atomic mass is 10.0. The number of benzene rings is 1. The Hall–Kier alpha value is -1.26. The highest BCUT2D eigenvalue weighted by atomic mass is 79.9. The second-order valence-corrected chi connectivity index (χ2v) is 5.10. The van der Waals surface area contributed by atoms with Crippen molar-refractivity contribution < 1.29 is 4.39 Å². The van der Waals surface area contributed by atoms with Crippen molar-refractivity contribution in [3.63, 3.8) is 0 Å². The van der Waals surface area contributed by atoms with Gasteiger partial charge < -0.3 is 5.73 Å². The Kier molecular flexibility index (Phi) is 4.09. The first-order valence-corrected chi connectivity index (χ1v) is 6.48. The molecule has 2 nitrogen and oxygen atoms in total. The molecule has 1 heterocycles. The van der Waals surface area contributed by atoms with Gasteiger partial charge in [-0.05, 0) is 49.2 Å². The average molecular weight is 309 g/mol. The lowest BCUT2D eigenvalue weighted by Gasteiger charge is -2.13. The van der Waals surface area contributed by atoms with Gasteiger partial charge in [-0.3, -0.25) is 4.98 Å². The summed E-state index contributed by atoms with van der Waals surface area (Å²) < 4.78 is 14.1. The molecule has 18 heavy (non-hydrogen) atoms. The van der Waals surface area contributed by atoms with Gasteiger partial charge in [-0.15, -0.1) is 0 Å². The first-order valence-electron chi connectivity index (χ1n) is 5.69.